The first-order valence-corrected chi connectivity index (χ1v) is 7.61. The molecule has 0 saturated carbocycles. The van der Waals surface area contributed by atoms with Crippen LogP contribution in [-0.4, -0.2) is 0 Å². The molecule has 2 aromatic carbocycles. The number of benzene rings is 2. The predicted octanol–water partition coefficient (Wildman–Crippen LogP) is 6.15. The monoisotopic (exact) mass is 347 g/mol. The highest BCUT2D eigenvalue weighted by Crippen LogP contribution is 2.27. The van der Waals surface area contributed by atoms with Gasteiger partial charge in [0.15, 0.2) is 0 Å². The fraction of sp³-hybridized carbons (Fsp3) is 0.200. The fourth-order valence-corrected chi connectivity index (χ4v) is 2.94. The first-order valence-electron chi connectivity index (χ1n) is 6.09. The molecule has 106 valence electrons. The maximum atomic E-state index is 6.19. The van der Waals surface area contributed by atoms with Crippen LogP contribution >= 0.6 is 46.4 Å². The van der Waals surface area contributed by atoms with Gasteiger partial charge in [0.25, 0.3) is 0 Å². The molecule has 1 N–H and O–H groups in total. The van der Waals surface area contributed by atoms with Crippen molar-refractivity contribution < 1.29 is 0 Å². The van der Waals surface area contributed by atoms with E-state index in [4.69, 9.17) is 46.4 Å². The zero-order chi connectivity index (χ0) is 14.7. The van der Waals surface area contributed by atoms with Gasteiger partial charge in [-0.05, 0) is 42.3 Å². The third-order valence-electron chi connectivity index (χ3n) is 3.04. The molecule has 0 aliphatic heterocycles. The molecule has 0 heterocycles. The third kappa shape index (κ3) is 4.03. The van der Waals surface area contributed by atoms with Crippen LogP contribution in [0.15, 0.2) is 36.4 Å². The maximum Gasteiger partial charge on any atom is 0.0468 e. The minimum atomic E-state index is 0.0894. The number of hydrogen-bond acceptors (Lipinski definition) is 1. The molecular weight excluding hydrogens is 336 g/mol. The summed E-state index contributed by atoms with van der Waals surface area (Å²) in [7, 11) is 0. The van der Waals surface area contributed by atoms with Crippen molar-refractivity contribution in [2.75, 3.05) is 0 Å². The summed E-state index contributed by atoms with van der Waals surface area (Å²) in [5.41, 5.74) is 1.99. The van der Waals surface area contributed by atoms with Crippen molar-refractivity contribution in [3.8, 4) is 0 Å². The lowest BCUT2D eigenvalue weighted by Gasteiger charge is -2.16. The SMILES string of the molecule is CC(NCc1ccc(Cl)cc1Cl)c1ccc(Cl)cc1Cl. The van der Waals surface area contributed by atoms with Crippen LogP contribution in [0.5, 0.6) is 0 Å². The number of hydrogen-bond donors (Lipinski definition) is 1. The smallest absolute Gasteiger partial charge is 0.0468 e. The molecule has 0 bridgehead atoms. The highest BCUT2D eigenvalue weighted by molar-refractivity contribution is 6.35. The van der Waals surface area contributed by atoms with Gasteiger partial charge >= 0.3 is 0 Å². The van der Waals surface area contributed by atoms with Gasteiger partial charge in [-0.1, -0.05) is 58.5 Å². The van der Waals surface area contributed by atoms with E-state index in [1.165, 1.54) is 0 Å². The second kappa shape index (κ2) is 7.02. The number of nitrogens with one attached hydrogen (secondary N) is 1. The summed E-state index contributed by atoms with van der Waals surface area (Å²) in [6.45, 7) is 2.68. The van der Waals surface area contributed by atoms with E-state index in [0.717, 1.165) is 11.1 Å². The molecule has 0 saturated heterocycles. The lowest BCUT2D eigenvalue weighted by atomic mass is 10.1. The predicted molar refractivity (Wildman–Crippen MR) is 88.2 cm³/mol. The Labute approximate surface area is 138 Å². The molecule has 2 rings (SSSR count). The molecule has 0 aromatic heterocycles. The fourth-order valence-electron chi connectivity index (χ4n) is 1.89. The standard InChI is InChI=1S/C15H13Cl4N/c1-9(13-5-4-12(17)7-15(13)19)20-8-10-2-3-11(16)6-14(10)18/h2-7,9,20H,8H2,1H3. The van der Waals surface area contributed by atoms with E-state index in [9.17, 15) is 0 Å². The van der Waals surface area contributed by atoms with Crippen molar-refractivity contribution >= 4 is 46.4 Å². The first-order chi connectivity index (χ1) is 9.47. The second-order valence-electron chi connectivity index (χ2n) is 4.50. The maximum absolute atomic E-state index is 6.19. The van der Waals surface area contributed by atoms with Crippen LogP contribution in [-0.2, 0) is 6.54 Å². The van der Waals surface area contributed by atoms with Crippen LogP contribution in [0.2, 0.25) is 20.1 Å². The van der Waals surface area contributed by atoms with E-state index in [1.54, 1.807) is 12.1 Å². The molecular formula is C15H13Cl4N. The third-order valence-corrected chi connectivity index (χ3v) is 4.19. The van der Waals surface area contributed by atoms with Crippen LogP contribution in [0.25, 0.3) is 0 Å². The van der Waals surface area contributed by atoms with Crippen molar-refractivity contribution in [2.45, 2.75) is 19.5 Å². The van der Waals surface area contributed by atoms with Gasteiger partial charge in [-0.15, -0.1) is 0 Å². The molecule has 0 radical (unpaired) electrons. The lowest BCUT2D eigenvalue weighted by molar-refractivity contribution is 0.575. The molecule has 1 atom stereocenters. The van der Waals surface area contributed by atoms with Gasteiger partial charge in [-0.2, -0.15) is 0 Å². The highest BCUT2D eigenvalue weighted by atomic mass is 35.5. The summed E-state index contributed by atoms with van der Waals surface area (Å²) in [6, 6.07) is 11.1. The molecule has 0 fully saturated rings. The minimum absolute atomic E-state index is 0.0894. The molecule has 0 aliphatic rings. The first kappa shape index (κ1) is 15.9. The molecule has 2 aromatic rings. The Balaban J connectivity index is 2.06. The number of rotatable bonds is 4. The van der Waals surface area contributed by atoms with Crippen molar-refractivity contribution in [1.29, 1.82) is 0 Å². The molecule has 1 unspecified atom stereocenters. The van der Waals surface area contributed by atoms with Gasteiger partial charge in [-0.3, -0.25) is 0 Å². The summed E-state index contributed by atoms with van der Waals surface area (Å²) in [6.07, 6.45) is 0. The summed E-state index contributed by atoms with van der Waals surface area (Å²) >= 11 is 24.1. The second-order valence-corrected chi connectivity index (χ2v) is 6.19. The largest absolute Gasteiger partial charge is 0.306 e. The van der Waals surface area contributed by atoms with E-state index in [-0.39, 0.29) is 6.04 Å². The van der Waals surface area contributed by atoms with E-state index in [2.05, 4.69) is 5.32 Å². The minimum Gasteiger partial charge on any atom is -0.306 e. The van der Waals surface area contributed by atoms with Gasteiger partial charge in [0.05, 0.1) is 0 Å². The van der Waals surface area contributed by atoms with Crippen LogP contribution < -0.4 is 5.32 Å². The van der Waals surface area contributed by atoms with Crippen molar-refractivity contribution in [1.82, 2.24) is 5.32 Å². The van der Waals surface area contributed by atoms with Crippen molar-refractivity contribution in [2.24, 2.45) is 0 Å². The van der Waals surface area contributed by atoms with Crippen LogP contribution in [0, 0.1) is 0 Å². The van der Waals surface area contributed by atoms with Gasteiger partial charge in [-0.25, -0.2) is 0 Å². The Morgan fingerprint density at radius 3 is 2.10 bits per heavy atom. The Morgan fingerprint density at radius 2 is 1.50 bits per heavy atom. The van der Waals surface area contributed by atoms with Crippen LogP contribution in [0.4, 0.5) is 0 Å². The molecule has 5 heteroatoms. The molecule has 0 amide bonds. The number of halogens is 4. The Bertz CT molecular complexity index is 613. The van der Waals surface area contributed by atoms with Gasteiger partial charge in [0.2, 0.25) is 0 Å². The van der Waals surface area contributed by atoms with Crippen LogP contribution in [0.1, 0.15) is 24.1 Å². The van der Waals surface area contributed by atoms with Gasteiger partial charge in [0, 0.05) is 32.7 Å². The molecule has 0 spiro atoms. The lowest BCUT2D eigenvalue weighted by Crippen LogP contribution is -2.18. The Morgan fingerprint density at radius 1 is 0.900 bits per heavy atom. The Hall–Kier alpha value is -0.440. The molecule has 1 nitrogen and oxygen atoms in total. The summed E-state index contributed by atoms with van der Waals surface area (Å²) in [4.78, 5) is 0. The van der Waals surface area contributed by atoms with Gasteiger partial charge < -0.3 is 5.32 Å². The summed E-state index contributed by atoms with van der Waals surface area (Å²) in [5.74, 6) is 0. The van der Waals surface area contributed by atoms with Crippen LogP contribution in [0.3, 0.4) is 0 Å². The topological polar surface area (TPSA) is 12.0 Å². The normalized spacial score (nSPS) is 12.4. The van der Waals surface area contributed by atoms with E-state index in [0.29, 0.717) is 26.6 Å². The zero-order valence-electron chi connectivity index (χ0n) is 10.8. The van der Waals surface area contributed by atoms with Gasteiger partial charge in [0.1, 0.15) is 0 Å². The quantitative estimate of drug-likeness (QED) is 0.698. The highest BCUT2D eigenvalue weighted by Gasteiger charge is 2.10. The summed E-state index contributed by atoms with van der Waals surface area (Å²) < 4.78 is 0. The Kier molecular flexibility index (Phi) is 5.59. The van der Waals surface area contributed by atoms with E-state index in [1.807, 2.05) is 31.2 Å². The van der Waals surface area contributed by atoms with Crippen molar-refractivity contribution in [3.05, 3.63) is 67.6 Å². The van der Waals surface area contributed by atoms with E-state index >= 15 is 0 Å². The van der Waals surface area contributed by atoms with E-state index < -0.39 is 0 Å². The van der Waals surface area contributed by atoms with Crippen molar-refractivity contribution in [3.63, 3.8) is 0 Å². The zero-order valence-corrected chi connectivity index (χ0v) is 13.8. The summed E-state index contributed by atoms with van der Waals surface area (Å²) in [5, 5.41) is 5.95. The molecule has 20 heavy (non-hydrogen) atoms. The average molecular weight is 349 g/mol. The molecule has 0 aliphatic carbocycles. The average Bonchev–Trinajstić information content (AvgIpc) is 2.37.